The third-order valence-corrected chi connectivity index (χ3v) is 6.43. The second-order valence-corrected chi connectivity index (χ2v) is 8.79. The highest BCUT2D eigenvalue weighted by Crippen LogP contribution is 2.35. The third-order valence-electron chi connectivity index (χ3n) is 6.43. The van der Waals surface area contributed by atoms with Crippen molar-refractivity contribution >= 4 is 10.8 Å². The van der Waals surface area contributed by atoms with Crippen LogP contribution < -0.4 is 0 Å². The fourth-order valence-corrected chi connectivity index (χ4v) is 4.54. The molecule has 1 heterocycles. The summed E-state index contributed by atoms with van der Waals surface area (Å²) in [5.74, 6) is -0.623. The third kappa shape index (κ3) is 4.23. The number of nitrogens with zero attached hydrogens (tertiary/aromatic N) is 1. The Morgan fingerprint density at radius 3 is 1.83 bits per heavy atom. The quantitative estimate of drug-likeness (QED) is 0.281. The summed E-state index contributed by atoms with van der Waals surface area (Å²) in [6.07, 6.45) is 0. The molecule has 0 bridgehead atoms. The van der Waals surface area contributed by atoms with E-state index in [0.717, 1.165) is 50.4 Å². The Bertz CT molecular complexity index is 1690. The van der Waals surface area contributed by atoms with Gasteiger partial charge in [-0.15, -0.1) is 0 Å². The first-order valence-corrected chi connectivity index (χ1v) is 11.8. The van der Waals surface area contributed by atoms with E-state index < -0.39 is 5.82 Å². The molecule has 0 atom stereocenters. The monoisotopic (exact) mass is 467 g/mol. The van der Waals surface area contributed by atoms with Gasteiger partial charge in [0, 0.05) is 17.2 Å². The molecule has 172 valence electrons. The van der Waals surface area contributed by atoms with E-state index in [-0.39, 0.29) is 5.75 Å². The van der Waals surface area contributed by atoms with Crippen molar-refractivity contribution in [1.82, 2.24) is 4.98 Å². The first-order chi connectivity index (χ1) is 17.6. The molecule has 0 saturated heterocycles. The molecule has 0 spiro atoms. The molecule has 0 saturated carbocycles. The van der Waals surface area contributed by atoms with Crippen LogP contribution in [0.3, 0.4) is 0 Å². The Labute approximate surface area is 209 Å². The number of pyridine rings is 1. The zero-order chi connectivity index (χ0) is 24.5. The molecule has 36 heavy (non-hydrogen) atoms. The van der Waals surface area contributed by atoms with Gasteiger partial charge in [-0.2, -0.15) is 0 Å². The maximum atomic E-state index is 13.7. The van der Waals surface area contributed by atoms with Crippen molar-refractivity contribution in [3.05, 3.63) is 133 Å². The van der Waals surface area contributed by atoms with Gasteiger partial charge in [-0.1, -0.05) is 91.0 Å². The standard InChI is InChI=1S/C33H22FNO/c34-29-16-17-30(33(36)21-29)32-20-28(25-12-10-24(11-13-25)22-6-2-1-3-7-22)19-31(35-32)27-15-14-23-8-4-5-9-26(23)18-27/h1-21,36H. The second-order valence-electron chi connectivity index (χ2n) is 8.79. The van der Waals surface area contributed by atoms with Gasteiger partial charge in [0.05, 0.1) is 11.4 Å². The van der Waals surface area contributed by atoms with E-state index in [1.54, 1.807) is 6.07 Å². The van der Waals surface area contributed by atoms with E-state index in [2.05, 4.69) is 72.8 Å². The van der Waals surface area contributed by atoms with Crippen LogP contribution in [-0.4, -0.2) is 10.1 Å². The van der Waals surface area contributed by atoms with Crippen LogP contribution in [0.2, 0.25) is 0 Å². The van der Waals surface area contributed by atoms with Gasteiger partial charge in [-0.05, 0) is 63.4 Å². The first-order valence-electron chi connectivity index (χ1n) is 11.8. The minimum Gasteiger partial charge on any atom is -0.507 e. The number of halogens is 1. The summed E-state index contributed by atoms with van der Waals surface area (Å²) in [5, 5.41) is 12.8. The average Bonchev–Trinajstić information content (AvgIpc) is 2.93. The molecule has 0 radical (unpaired) electrons. The molecule has 0 unspecified atom stereocenters. The van der Waals surface area contributed by atoms with Crippen LogP contribution in [0.4, 0.5) is 4.39 Å². The van der Waals surface area contributed by atoms with Crippen molar-refractivity contribution in [3.8, 4) is 50.5 Å². The van der Waals surface area contributed by atoms with E-state index in [0.29, 0.717) is 11.3 Å². The van der Waals surface area contributed by atoms with Crippen LogP contribution >= 0.6 is 0 Å². The van der Waals surface area contributed by atoms with Crippen molar-refractivity contribution in [2.45, 2.75) is 0 Å². The molecule has 6 rings (SSSR count). The number of phenols is 1. The Balaban J connectivity index is 1.50. The van der Waals surface area contributed by atoms with Crippen LogP contribution in [0.25, 0.3) is 55.5 Å². The number of phenolic OH excluding ortho intramolecular Hbond substituents is 1. The molecule has 1 aromatic heterocycles. The van der Waals surface area contributed by atoms with E-state index >= 15 is 0 Å². The second kappa shape index (κ2) is 9.12. The van der Waals surface area contributed by atoms with Gasteiger partial charge in [0.15, 0.2) is 0 Å². The Kier molecular flexibility index (Phi) is 5.51. The number of aromatic nitrogens is 1. The number of benzene rings is 5. The van der Waals surface area contributed by atoms with Crippen molar-refractivity contribution in [1.29, 1.82) is 0 Å². The molecule has 2 nitrogen and oxygen atoms in total. The molecule has 5 aromatic carbocycles. The van der Waals surface area contributed by atoms with Gasteiger partial charge >= 0.3 is 0 Å². The minimum atomic E-state index is -0.487. The fraction of sp³-hybridized carbons (Fsp3) is 0. The molecule has 0 aliphatic rings. The van der Waals surface area contributed by atoms with Crippen LogP contribution in [-0.2, 0) is 0 Å². The van der Waals surface area contributed by atoms with Crippen molar-refractivity contribution < 1.29 is 9.50 Å². The van der Waals surface area contributed by atoms with Gasteiger partial charge in [0.25, 0.3) is 0 Å². The van der Waals surface area contributed by atoms with Gasteiger partial charge < -0.3 is 5.11 Å². The number of hydrogen-bond donors (Lipinski definition) is 1. The fourth-order valence-electron chi connectivity index (χ4n) is 4.54. The Morgan fingerprint density at radius 2 is 1.08 bits per heavy atom. The molecule has 3 heteroatoms. The molecule has 6 aromatic rings. The summed E-state index contributed by atoms with van der Waals surface area (Å²) >= 11 is 0. The number of fused-ring (bicyclic) bond motifs is 1. The summed E-state index contributed by atoms with van der Waals surface area (Å²) in [7, 11) is 0. The Hall–Kier alpha value is -4.76. The average molecular weight is 468 g/mol. The van der Waals surface area contributed by atoms with Gasteiger partial charge in [-0.25, -0.2) is 9.37 Å². The SMILES string of the molecule is Oc1cc(F)ccc1-c1cc(-c2ccc(-c3ccccc3)cc2)cc(-c2ccc3ccccc3c2)n1. The summed E-state index contributed by atoms with van der Waals surface area (Å²) in [4.78, 5) is 4.88. The van der Waals surface area contributed by atoms with E-state index in [1.165, 1.54) is 6.07 Å². The number of rotatable bonds is 4. The summed E-state index contributed by atoms with van der Waals surface area (Å²) in [6.45, 7) is 0. The minimum absolute atomic E-state index is 0.136. The number of hydrogen-bond acceptors (Lipinski definition) is 2. The zero-order valence-corrected chi connectivity index (χ0v) is 19.4. The van der Waals surface area contributed by atoms with Crippen LogP contribution in [0.1, 0.15) is 0 Å². The lowest BCUT2D eigenvalue weighted by molar-refractivity contribution is 0.471. The number of aromatic hydroxyl groups is 1. The molecule has 0 fully saturated rings. The first kappa shape index (κ1) is 21.8. The predicted octanol–water partition coefficient (Wildman–Crippen LogP) is 8.75. The van der Waals surface area contributed by atoms with E-state index in [4.69, 9.17) is 4.98 Å². The highest BCUT2D eigenvalue weighted by molar-refractivity contribution is 5.88. The molecular formula is C33H22FNO. The van der Waals surface area contributed by atoms with Crippen LogP contribution in [0.5, 0.6) is 5.75 Å². The van der Waals surface area contributed by atoms with Crippen LogP contribution in [0, 0.1) is 5.82 Å². The van der Waals surface area contributed by atoms with E-state index in [1.807, 2.05) is 36.4 Å². The van der Waals surface area contributed by atoms with Crippen molar-refractivity contribution in [2.75, 3.05) is 0 Å². The summed E-state index contributed by atoms with van der Waals surface area (Å²) in [6, 6.07) is 41.2. The van der Waals surface area contributed by atoms with Gasteiger partial charge in [0.2, 0.25) is 0 Å². The highest BCUT2D eigenvalue weighted by atomic mass is 19.1. The predicted molar refractivity (Wildman–Crippen MR) is 145 cm³/mol. The topological polar surface area (TPSA) is 33.1 Å². The highest BCUT2D eigenvalue weighted by Gasteiger charge is 2.13. The molecule has 0 aliphatic heterocycles. The van der Waals surface area contributed by atoms with Gasteiger partial charge in [-0.3, -0.25) is 0 Å². The Morgan fingerprint density at radius 1 is 0.472 bits per heavy atom. The molecule has 0 aliphatic carbocycles. The van der Waals surface area contributed by atoms with E-state index in [9.17, 15) is 9.50 Å². The normalized spacial score (nSPS) is 11.0. The van der Waals surface area contributed by atoms with Crippen molar-refractivity contribution in [3.63, 3.8) is 0 Å². The smallest absolute Gasteiger partial charge is 0.127 e. The maximum Gasteiger partial charge on any atom is 0.127 e. The largest absolute Gasteiger partial charge is 0.507 e. The maximum absolute atomic E-state index is 13.7. The lowest BCUT2D eigenvalue weighted by Gasteiger charge is -2.12. The molecule has 1 N–H and O–H groups in total. The van der Waals surface area contributed by atoms with Gasteiger partial charge in [0.1, 0.15) is 11.6 Å². The summed E-state index contributed by atoms with van der Waals surface area (Å²) in [5.41, 5.74) is 7.12. The lowest BCUT2D eigenvalue weighted by Crippen LogP contribution is -1.92. The van der Waals surface area contributed by atoms with Crippen LogP contribution in [0.15, 0.2) is 127 Å². The summed E-state index contributed by atoms with van der Waals surface area (Å²) < 4.78 is 13.7. The zero-order valence-electron chi connectivity index (χ0n) is 19.4. The lowest BCUT2D eigenvalue weighted by atomic mass is 9.97. The molecule has 0 amide bonds. The van der Waals surface area contributed by atoms with Crippen molar-refractivity contribution in [2.24, 2.45) is 0 Å². The molecular weight excluding hydrogens is 445 g/mol.